The highest BCUT2D eigenvalue weighted by molar-refractivity contribution is 9.10. The molecule has 0 atom stereocenters. The first-order valence-electron chi connectivity index (χ1n) is 5.84. The van der Waals surface area contributed by atoms with E-state index in [1.54, 1.807) is 23.3 Å². The number of hydrogen-bond acceptors (Lipinski definition) is 5. The molecule has 0 unspecified atom stereocenters. The molecular formula is C13H11BrN2O4S. The molecule has 0 radical (unpaired) electrons. The highest BCUT2D eigenvalue weighted by Gasteiger charge is 2.20. The monoisotopic (exact) mass is 370 g/mol. The van der Waals surface area contributed by atoms with E-state index in [0.717, 1.165) is 15.4 Å². The molecule has 1 N–H and O–H groups in total. The lowest BCUT2D eigenvalue weighted by molar-refractivity contribution is -0.384. The van der Waals surface area contributed by atoms with Crippen LogP contribution in [0.15, 0.2) is 34.1 Å². The third-order valence-electron chi connectivity index (χ3n) is 2.85. The van der Waals surface area contributed by atoms with Crippen LogP contribution in [0.5, 0.6) is 0 Å². The molecule has 110 valence electrons. The van der Waals surface area contributed by atoms with Crippen molar-refractivity contribution in [2.75, 3.05) is 11.9 Å². The van der Waals surface area contributed by atoms with Crippen LogP contribution in [0.4, 0.5) is 11.4 Å². The van der Waals surface area contributed by atoms with Gasteiger partial charge in [0.15, 0.2) is 0 Å². The molecule has 0 bridgehead atoms. The van der Waals surface area contributed by atoms with Gasteiger partial charge in [-0.25, -0.2) is 4.79 Å². The molecule has 6 nitrogen and oxygen atoms in total. The van der Waals surface area contributed by atoms with E-state index in [9.17, 15) is 14.9 Å². The Bertz CT molecular complexity index is 701. The summed E-state index contributed by atoms with van der Waals surface area (Å²) in [5.41, 5.74) is 0.0697. The first kappa shape index (κ1) is 15.5. The molecular weight excluding hydrogens is 360 g/mol. The van der Waals surface area contributed by atoms with E-state index < -0.39 is 10.9 Å². The van der Waals surface area contributed by atoms with Crippen molar-refractivity contribution in [2.45, 2.75) is 6.54 Å². The molecule has 2 aromatic rings. The van der Waals surface area contributed by atoms with Gasteiger partial charge >= 0.3 is 5.97 Å². The molecule has 21 heavy (non-hydrogen) atoms. The molecule has 1 aromatic heterocycles. The Balaban J connectivity index is 2.33. The number of anilines is 1. The maximum absolute atomic E-state index is 11.1. The Morgan fingerprint density at radius 2 is 2.19 bits per heavy atom. The smallest absolute Gasteiger partial charge is 0.335 e. The van der Waals surface area contributed by atoms with Crippen molar-refractivity contribution in [1.29, 1.82) is 0 Å². The standard InChI is InChI=1S/C13H11BrN2O4S/c1-15(6-10-5-9(14)7-21-10)11-3-2-8(13(17)18)4-12(11)16(19)20/h2-5,7H,6H2,1H3,(H,17,18). The molecule has 0 spiro atoms. The summed E-state index contributed by atoms with van der Waals surface area (Å²) in [6.45, 7) is 0.503. The number of thiophene rings is 1. The second-order valence-corrected chi connectivity index (χ2v) is 6.26. The van der Waals surface area contributed by atoms with Crippen LogP contribution in [0.2, 0.25) is 0 Å². The van der Waals surface area contributed by atoms with E-state index in [0.29, 0.717) is 12.2 Å². The Morgan fingerprint density at radius 3 is 2.71 bits per heavy atom. The van der Waals surface area contributed by atoms with E-state index in [1.165, 1.54) is 12.1 Å². The minimum atomic E-state index is -1.19. The number of rotatable bonds is 5. The highest BCUT2D eigenvalue weighted by Crippen LogP contribution is 2.30. The van der Waals surface area contributed by atoms with Crippen molar-refractivity contribution in [2.24, 2.45) is 0 Å². The summed E-state index contributed by atoms with van der Waals surface area (Å²) in [4.78, 5) is 24.2. The predicted molar refractivity (Wildman–Crippen MR) is 84.2 cm³/mol. The summed E-state index contributed by atoms with van der Waals surface area (Å²) in [6, 6.07) is 5.85. The summed E-state index contributed by atoms with van der Waals surface area (Å²) >= 11 is 4.90. The number of carbonyl (C=O) groups is 1. The number of carboxylic acid groups (broad SMARTS) is 1. The van der Waals surface area contributed by atoms with Crippen LogP contribution in [0.1, 0.15) is 15.2 Å². The van der Waals surface area contributed by atoms with Gasteiger partial charge in [-0.3, -0.25) is 10.1 Å². The summed E-state index contributed by atoms with van der Waals surface area (Å²) in [6.07, 6.45) is 0. The Labute approximate surface area is 132 Å². The summed E-state index contributed by atoms with van der Waals surface area (Å²) in [7, 11) is 1.73. The second-order valence-electron chi connectivity index (χ2n) is 4.35. The van der Waals surface area contributed by atoms with E-state index in [2.05, 4.69) is 15.9 Å². The quantitative estimate of drug-likeness (QED) is 0.639. The Hall–Kier alpha value is -1.93. The number of nitro groups is 1. The number of benzene rings is 1. The minimum Gasteiger partial charge on any atom is -0.478 e. The predicted octanol–water partition coefficient (Wildman–Crippen LogP) is 3.75. The van der Waals surface area contributed by atoms with Crippen LogP contribution in [-0.4, -0.2) is 23.0 Å². The van der Waals surface area contributed by atoms with E-state index in [4.69, 9.17) is 5.11 Å². The zero-order valence-electron chi connectivity index (χ0n) is 10.9. The fraction of sp³-hybridized carbons (Fsp3) is 0.154. The maximum Gasteiger partial charge on any atom is 0.335 e. The Morgan fingerprint density at radius 1 is 1.48 bits per heavy atom. The average Bonchev–Trinajstić information content (AvgIpc) is 2.83. The van der Waals surface area contributed by atoms with Crippen molar-refractivity contribution in [3.05, 3.63) is 54.7 Å². The van der Waals surface area contributed by atoms with Crippen LogP contribution in [0, 0.1) is 10.1 Å². The van der Waals surface area contributed by atoms with Crippen molar-refractivity contribution in [3.8, 4) is 0 Å². The lowest BCUT2D eigenvalue weighted by Gasteiger charge is -2.18. The normalized spacial score (nSPS) is 10.4. The van der Waals surface area contributed by atoms with Crippen molar-refractivity contribution >= 4 is 44.6 Å². The van der Waals surface area contributed by atoms with Gasteiger partial charge < -0.3 is 10.0 Å². The Kier molecular flexibility index (Phi) is 4.59. The van der Waals surface area contributed by atoms with Gasteiger partial charge in [0, 0.05) is 27.8 Å². The van der Waals surface area contributed by atoms with Gasteiger partial charge in [-0.05, 0) is 34.1 Å². The summed E-state index contributed by atoms with van der Waals surface area (Å²) < 4.78 is 0.964. The fourth-order valence-corrected chi connectivity index (χ4v) is 3.38. The lowest BCUT2D eigenvalue weighted by Crippen LogP contribution is -2.17. The molecule has 1 aromatic carbocycles. The third-order valence-corrected chi connectivity index (χ3v) is 4.53. The number of hydrogen-bond donors (Lipinski definition) is 1. The maximum atomic E-state index is 11.1. The SMILES string of the molecule is CN(Cc1cc(Br)cs1)c1ccc(C(=O)O)cc1[N+](=O)[O-]. The van der Waals surface area contributed by atoms with Crippen LogP contribution in [0.3, 0.4) is 0 Å². The van der Waals surface area contributed by atoms with Gasteiger partial charge in [-0.1, -0.05) is 0 Å². The van der Waals surface area contributed by atoms with E-state index in [1.807, 2.05) is 11.4 Å². The number of nitro benzene ring substituents is 1. The number of aromatic carboxylic acids is 1. The first-order chi connectivity index (χ1) is 9.88. The third kappa shape index (κ3) is 3.59. The van der Waals surface area contributed by atoms with Gasteiger partial charge in [-0.2, -0.15) is 0 Å². The molecule has 0 aliphatic heterocycles. The van der Waals surface area contributed by atoms with Crippen LogP contribution >= 0.6 is 27.3 Å². The second kappa shape index (κ2) is 6.23. The average molecular weight is 371 g/mol. The molecule has 1 heterocycles. The van der Waals surface area contributed by atoms with E-state index in [-0.39, 0.29) is 11.3 Å². The van der Waals surface area contributed by atoms with Crippen molar-refractivity contribution < 1.29 is 14.8 Å². The molecule has 0 amide bonds. The van der Waals surface area contributed by atoms with Gasteiger partial charge in [-0.15, -0.1) is 11.3 Å². The largest absolute Gasteiger partial charge is 0.478 e. The highest BCUT2D eigenvalue weighted by atomic mass is 79.9. The first-order valence-corrected chi connectivity index (χ1v) is 7.51. The molecule has 0 aliphatic carbocycles. The summed E-state index contributed by atoms with van der Waals surface area (Å²) in [5, 5.41) is 22.0. The van der Waals surface area contributed by atoms with Crippen LogP contribution in [-0.2, 0) is 6.54 Å². The zero-order valence-corrected chi connectivity index (χ0v) is 13.3. The number of halogens is 1. The molecule has 0 aliphatic rings. The number of carboxylic acids is 1. The molecule has 8 heteroatoms. The lowest BCUT2D eigenvalue weighted by atomic mass is 10.1. The molecule has 0 saturated heterocycles. The summed E-state index contributed by atoms with van der Waals surface area (Å²) in [5.74, 6) is -1.19. The van der Waals surface area contributed by atoms with E-state index >= 15 is 0 Å². The topological polar surface area (TPSA) is 83.7 Å². The van der Waals surface area contributed by atoms with Crippen LogP contribution < -0.4 is 4.90 Å². The van der Waals surface area contributed by atoms with Gasteiger partial charge in [0.1, 0.15) is 5.69 Å². The molecule has 0 saturated carbocycles. The molecule has 2 rings (SSSR count). The zero-order chi connectivity index (χ0) is 15.6. The van der Waals surface area contributed by atoms with Crippen LogP contribution in [0.25, 0.3) is 0 Å². The van der Waals surface area contributed by atoms with Crippen molar-refractivity contribution in [1.82, 2.24) is 0 Å². The fourth-order valence-electron chi connectivity index (χ4n) is 1.88. The van der Waals surface area contributed by atoms with Gasteiger partial charge in [0.05, 0.1) is 17.0 Å². The van der Waals surface area contributed by atoms with Gasteiger partial charge in [0.25, 0.3) is 5.69 Å². The van der Waals surface area contributed by atoms with Gasteiger partial charge in [0.2, 0.25) is 0 Å². The van der Waals surface area contributed by atoms with Crippen molar-refractivity contribution in [3.63, 3.8) is 0 Å². The minimum absolute atomic E-state index is 0.0993. The number of nitrogens with zero attached hydrogens (tertiary/aromatic N) is 2. The molecule has 0 fully saturated rings.